The van der Waals surface area contributed by atoms with Crippen LogP contribution < -0.4 is 10.6 Å². The molecule has 0 radical (unpaired) electrons. The van der Waals surface area contributed by atoms with E-state index >= 15 is 0 Å². The molecule has 1 unspecified atom stereocenters. The van der Waals surface area contributed by atoms with Crippen molar-refractivity contribution in [2.75, 3.05) is 11.9 Å². The average molecular weight is 399 g/mol. The van der Waals surface area contributed by atoms with E-state index in [2.05, 4.69) is 20.7 Å². The van der Waals surface area contributed by atoms with E-state index in [-0.39, 0.29) is 12.6 Å². The molecular formula is C21H26FN5O2. The highest BCUT2D eigenvalue weighted by atomic mass is 19.1. The fourth-order valence-corrected chi connectivity index (χ4v) is 2.90. The van der Waals surface area contributed by atoms with Crippen molar-refractivity contribution >= 4 is 17.1 Å². The number of carbonyl (C=O) groups excluding carboxylic acids is 1. The van der Waals surface area contributed by atoms with Crippen LogP contribution in [0.2, 0.25) is 0 Å². The number of hydrogen-bond acceptors (Lipinski definition) is 5. The van der Waals surface area contributed by atoms with Gasteiger partial charge in [-0.1, -0.05) is 0 Å². The maximum Gasteiger partial charge on any atom is 0.255 e. The summed E-state index contributed by atoms with van der Waals surface area (Å²) in [6.45, 7) is 6.38. The molecule has 0 aromatic carbocycles. The lowest BCUT2D eigenvalue weighted by atomic mass is 10.0. The summed E-state index contributed by atoms with van der Waals surface area (Å²) in [6, 6.07) is 5.81. The van der Waals surface area contributed by atoms with Crippen molar-refractivity contribution in [2.45, 2.75) is 45.5 Å². The Labute approximate surface area is 169 Å². The van der Waals surface area contributed by atoms with Gasteiger partial charge in [0.25, 0.3) is 5.91 Å². The first-order valence-corrected chi connectivity index (χ1v) is 9.49. The third kappa shape index (κ3) is 4.71. The van der Waals surface area contributed by atoms with Crippen LogP contribution in [0.5, 0.6) is 0 Å². The third-order valence-electron chi connectivity index (χ3n) is 4.54. The van der Waals surface area contributed by atoms with Gasteiger partial charge in [0.15, 0.2) is 0 Å². The van der Waals surface area contributed by atoms with Crippen LogP contribution in [0, 0.1) is 0 Å². The number of rotatable bonds is 7. The molecule has 0 aliphatic rings. The second-order valence-electron chi connectivity index (χ2n) is 7.86. The van der Waals surface area contributed by atoms with E-state index in [1.54, 1.807) is 16.9 Å². The molecule has 1 amide bonds. The van der Waals surface area contributed by atoms with Crippen LogP contribution in [0.15, 0.2) is 43.0 Å². The van der Waals surface area contributed by atoms with E-state index in [1.807, 2.05) is 38.2 Å². The van der Waals surface area contributed by atoms with Crippen molar-refractivity contribution in [3.63, 3.8) is 0 Å². The lowest BCUT2D eigenvalue weighted by molar-refractivity contribution is -0.00177. The van der Waals surface area contributed by atoms with E-state index in [4.69, 9.17) is 0 Å². The molecule has 7 nitrogen and oxygen atoms in total. The zero-order valence-corrected chi connectivity index (χ0v) is 17.0. The minimum Gasteiger partial charge on any atom is -0.387 e. The van der Waals surface area contributed by atoms with Gasteiger partial charge in [-0.3, -0.25) is 9.78 Å². The predicted octanol–water partition coefficient (Wildman–Crippen LogP) is 3.06. The fraction of sp³-hybridized carbons (Fsp3) is 0.381. The van der Waals surface area contributed by atoms with Crippen LogP contribution in [-0.2, 0) is 0 Å². The Hall–Kier alpha value is -3.00. The van der Waals surface area contributed by atoms with Crippen LogP contribution in [0.4, 0.5) is 10.1 Å². The second-order valence-corrected chi connectivity index (χ2v) is 7.86. The zero-order chi connectivity index (χ0) is 21.2. The maximum atomic E-state index is 14.0. The summed E-state index contributed by atoms with van der Waals surface area (Å²) in [5.41, 5.74) is 2.06. The van der Waals surface area contributed by atoms with Crippen molar-refractivity contribution in [3.05, 3.63) is 48.5 Å². The summed E-state index contributed by atoms with van der Waals surface area (Å²) in [6.07, 6.45) is 5.18. The highest BCUT2D eigenvalue weighted by Gasteiger charge is 2.27. The van der Waals surface area contributed by atoms with Gasteiger partial charge in [-0.2, -0.15) is 5.10 Å². The van der Waals surface area contributed by atoms with Crippen LogP contribution >= 0.6 is 0 Å². The Morgan fingerprint density at radius 1 is 1.28 bits per heavy atom. The summed E-state index contributed by atoms with van der Waals surface area (Å²) in [4.78, 5) is 16.8. The second kappa shape index (κ2) is 8.16. The Morgan fingerprint density at radius 2 is 1.97 bits per heavy atom. The van der Waals surface area contributed by atoms with Gasteiger partial charge >= 0.3 is 0 Å². The molecule has 3 N–H and O–H groups in total. The SMILES string of the molecule is CC(C)Nc1c(C(=O)NCC(F)C(C)(C)O)cnn2cc(-c3ccncc3)cc12. The molecule has 3 heterocycles. The number of nitrogens with one attached hydrogen (secondary N) is 2. The van der Waals surface area contributed by atoms with Crippen molar-refractivity contribution < 1.29 is 14.3 Å². The number of hydrogen-bond donors (Lipinski definition) is 3. The molecule has 3 aromatic heterocycles. The molecule has 8 heteroatoms. The minimum atomic E-state index is -1.59. The van der Waals surface area contributed by atoms with Gasteiger partial charge in [-0.05, 0) is 51.5 Å². The molecule has 0 aliphatic carbocycles. The van der Waals surface area contributed by atoms with Gasteiger partial charge in [-0.15, -0.1) is 0 Å². The molecule has 0 bridgehead atoms. The quantitative estimate of drug-likeness (QED) is 0.568. The third-order valence-corrected chi connectivity index (χ3v) is 4.54. The van der Waals surface area contributed by atoms with Gasteiger partial charge < -0.3 is 15.7 Å². The van der Waals surface area contributed by atoms with E-state index in [0.717, 1.165) is 16.6 Å². The lowest BCUT2D eigenvalue weighted by Gasteiger charge is -2.23. The Morgan fingerprint density at radius 3 is 2.59 bits per heavy atom. The molecule has 3 rings (SSSR count). The number of alkyl halides is 1. The van der Waals surface area contributed by atoms with Crippen molar-refractivity contribution in [1.82, 2.24) is 19.9 Å². The summed E-state index contributed by atoms with van der Waals surface area (Å²) in [5, 5.41) is 19.9. The topological polar surface area (TPSA) is 91.5 Å². The first-order chi connectivity index (χ1) is 13.7. The van der Waals surface area contributed by atoms with Gasteiger partial charge in [-0.25, -0.2) is 8.91 Å². The number of pyridine rings is 1. The van der Waals surface area contributed by atoms with Crippen molar-refractivity contribution in [3.8, 4) is 11.1 Å². The molecule has 3 aromatic rings. The number of anilines is 1. The monoisotopic (exact) mass is 399 g/mol. The van der Waals surface area contributed by atoms with E-state index in [9.17, 15) is 14.3 Å². The predicted molar refractivity (Wildman–Crippen MR) is 111 cm³/mol. The molecule has 154 valence electrons. The molecular weight excluding hydrogens is 373 g/mol. The van der Waals surface area contributed by atoms with Crippen LogP contribution in [0.25, 0.3) is 16.6 Å². The van der Waals surface area contributed by atoms with E-state index in [1.165, 1.54) is 20.0 Å². The molecule has 0 saturated heterocycles. The number of halogens is 1. The first-order valence-electron chi connectivity index (χ1n) is 9.49. The van der Waals surface area contributed by atoms with Crippen molar-refractivity contribution in [2.24, 2.45) is 0 Å². The Bertz CT molecular complexity index is 995. The molecule has 0 aliphatic heterocycles. The van der Waals surface area contributed by atoms with E-state index < -0.39 is 17.7 Å². The largest absolute Gasteiger partial charge is 0.387 e. The van der Waals surface area contributed by atoms with Crippen LogP contribution in [-0.4, -0.2) is 50.0 Å². The Kier molecular flexibility index (Phi) is 5.83. The van der Waals surface area contributed by atoms with Gasteiger partial charge in [0, 0.05) is 30.2 Å². The molecule has 0 saturated carbocycles. The minimum absolute atomic E-state index is 0.0670. The normalized spacial score (nSPS) is 12.9. The van der Waals surface area contributed by atoms with Crippen LogP contribution in [0.1, 0.15) is 38.1 Å². The lowest BCUT2D eigenvalue weighted by Crippen LogP contribution is -2.42. The van der Waals surface area contributed by atoms with Crippen LogP contribution in [0.3, 0.4) is 0 Å². The number of fused-ring (bicyclic) bond motifs is 1. The summed E-state index contributed by atoms with van der Waals surface area (Å²) in [7, 11) is 0. The summed E-state index contributed by atoms with van der Waals surface area (Å²) in [5.74, 6) is -0.457. The molecule has 1 atom stereocenters. The first kappa shape index (κ1) is 20.7. The van der Waals surface area contributed by atoms with Crippen molar-refractivity contribution in [1.29, 1.82) is 0 Å². The van der Waals surface area contributed by atoms with E-state index in [0.29, 0.717) is 11.3 Å². The molecule has 29 heavy (non-hydrogen) atoms. The zero-order valence-electron chi connectivity index (χ0n) is 17.0. The smallest absolute Gasteiger partial charge is 0.255 e. The summed E-state index contributed by atoms with van der Waals surface area (Å²) < 4.78 is 15.7. The maximum absolute atomic E-state index is 14.0. The fourth-order valence-electron chi connectivity index (χ4n) is 2.90. The number of aliphatic hydroxyl groups is 1. The standard InChI is InChI=1S/C21H26FN5O2/c1-13(2)26-19-16(20(28)24-11-18(22)21(3,4)29)10-25-27-12-15(9-17(19)27)14-5-7-23-8-6-14/h5-10,12-13,18,26,29H,11H2,1-4H3,(H,24,28). The number of nitrogens with zero attached hydrogens (tertiary/aromatic N) is 3. The number of carbonyl (C=O) groups is 1. The molecule has 0 fully saturated rings. The van der Waals surface area contributed by atoms with Gasteiger partial charge in [0.1, 0.15) is 6.17 Å². The van der Waals surface area contributed by atoms with Gasteiger partial charge in [0.05, 0.1) is 35.1 Å². The highest BCUT2D eigenvalue weighted by Crippen LogP contribution is 2.28. The highest BCUT2D eigenvalue weighted by molar-refractivity contribution is 6.03. The van der Waals surface area contributed by atoms with Gasteiger partial charge in [0.2, 0.25) is 0 Å². The number of amides is 1. The molecule has 0 spiro atoms. The average Bonchev–Trinajstić information content (AvgIpc) is 3.10. The number of aromatic nitrogens is 3. The Balaban J connectivity index is 1.97. The summed E-state index contributed by atoms with van der Waals surface area (Å²) >= 11 is 0.